The summed E-state index contributed by atoms with van der Waals surface area (Å²) >= 11 is 1.50. The molecule has 33 heavy (non-hydrogen) atoms. The van der Waals surface area contributed by atoms with Crippen molar-refractivity contribution >= 4 is 28.9 Å². The number of carbonyl (C=O) groups excluding carboxylic acids is 2. The highest BCUT2D eigenvalue weighted by Gasteiger charge is 2.13. The van der Waals surface area contributed by atoms with E-state index in [1.807, 2.05) is 36.6 Å². The molecule has 0 unspecified atom stereocenters. The zero-order valence-electron chi connectivity index (χ0n) is 18.2. The summed E-state index contributed by atoms with van der Waals surface area (Å²) in [5.41, 5.74) is 3.89. The molecule has 6 nitrogen and oxygen atoms in total. The molecule has 3 aromatic carbocycles. The van der Waals surface area contributed by atoms with Crippen LogP contribution in [-0.2, 0) is 11.2 Å². The van der Waals surface area contributed by atoms with Crippen molar-refractivity contribution in [2.75, 3.05) is 12.4 Å². The van der Waals surface area contributed by atoms with E-state index < -0.39 is 5.97 Å². The van der Waals surface area contributed by atoms with Crippen molar-refractivity contribution in [3.8, 4) is 22.1 Å². The van der Waals surface area contributed by atoms with Gasteiger partial charge in [0.1, 0.15) is 16.5 Å². The first-order valence-corrected chi connectivity index (χ1v) is 11.2. The maximum Gasteiger partial charge on any atom is 0.317 e. The number of para-hydroxylation sites is 1. The molecule has 166 valence electrons. The molecule has 0 aliphatic rings. The third-order valence-electron chi connectivity index (χ3n) is 4.87. The van der Waals surface area contributed by atoms with E-state index in [0.29, 0.717) is 28.4 Å². The van der Waals surface area contributed by atoms with E-state index in [4.69, 9.17) is 9.47 Å². The third-order valence-corrected chi connectivity index (χ3v) is 5.81. The lowest BCUT2D eigenvalue weighted by molar-refractivity contribution is -0.133. The van der Waals surface area contributed by atoms with E-state index in [-0.39, 0.29) is 12.3 Å². The van der Waals surface area contributed by atoms with Crippen molar-refractivity contribution in [1.82, 2.24) is 4.98 Å². The SMILES string of the molecule is COc1ccccc1C(=O)Nc1ccc(OC(=O)Cc2csc(-c3ccc(C)cc3)n2)cc1. The number of ether oxygens (including phenoxy) is 2. The van der Waals surface area contributed by atoms with Gasteiger partial charge >= 0.3 is 5.97 Å². The highest BCUT2D eigenvalue weighted by Crippen LogP contribution is 2.25. The monoisotopic (exact) mass is 458 g/mol. The number of hydrogen-bond donors (Lipinski definition) is 1. The largest absolute Gasteiger partial charge is 0.496 e. The molecule has 1 amide bonds. The van der Waals surface area contributed by atoms with Gasteiger partial charge in [-0.2, -0.15) is 0 Å². The molecule has 1 aromatic heterocycles. The van der Waals surface area contributed by atoms with Crippen molar-refractivity contribution in [1.29, 1.82) is 0 Å². The molecule has 0 fully saturated rings. The van der Waals surface area contributed by atoms with Crippen molar-refractivity contribution < 1.29 is 19.1 Å². The minimum Gasteiger partial charge on any atom is -0.496 e. The Hall–Kier alpha value is -3.97. The fraction of sp³-hybridized carbons (Fsp3) is 0.115. The van der Waals surface area contributed by atoms with Gasteiger partial charge < -0.3 is 14.8 Å². The number of amides is 1. The smallest absolute Gasteiger partial charge is 0.317 e. The van der Waals surface area contributed by atoms with Crippen LogP contribution in [0.4, 0.5) is 5.69 Å². The average Bonchev–Trinajstić information content (AvgIpc) is 3.29. The van der Waals surface area contributed by atoms with Crippen LogP contribution in [0.25, 0.3) is 10.6 Å². The summed E-state index contributed by atoms with van der Waals surface area (Å²) in [5.74, 6) is 0.198. The van der Waals surface area contributed by atoms with Gasteiger partial charge in [-0.1, -0.05) is 42.0 Å². The zero-order chi connectivity index (χ0) is 23.2. The van der Waals surface area contributed by atoms with Crippen LogP contribution >= 0.6 is 11.3 Å². The number of thiazole rings is 1. The fourth-order valence-corrected chi connectivity index (χ4v) is 4.00. The summed E-state index contributed by atoms with van der Waals surface area (Å²) in [6.07, 6.45) is 0.0780. The highest BCUT2D eigenvalue weighted by molar-refractivity contribution is 7.13. The first kappa shape index (κ1) is 22.2. The first-order valence-electron chi connectivity index (χ1n) is 10.3. The molecule has 0 atom stereocenters. The van der Waals surface area contributed by atoms with E-state index in [0.717, 1.165) is 10.6 Å². The molecule has 0 radical (unpaired) electrons. The predicted molar refractivity (Wildman–Crippen MR) is 129 cm³/mol. The third kappa shape index (κ3) is 5.64. The van der Waals surface area contributed by atoms with Gasteiger partial charge in [0.15, 0.2) is 0 Å². The van der Waals surface area contributed by atoms with Crippen LogP contribution in [0.3, 0.4) is 0 Å². The van der Waals surface area contributed by atoms with Gasteiger partial charge in [-0.3, -0.25) is 9.59 Å². The van der Waals surface area contributed by atoms with Gasteiger partial charge in [-0.25, -0.2) is 4.98 Å². The number of rotatable bonds is 7. The summed E-state index contributed by atoms with van der Waals surface area (Å²) < 4.78 is 10.6. The van der Waals surface area contributed by atoms with Crippen molar-refractivity contribution in [3.63, 3.8) is 0 Å². The molecule has 0 bridgehead atoms. The molecule has 0 saturated carbocycles. The van der Waals surface area contributed by atoms with E-state index >= 15 is 0 Å². The van der Waals surface area contributed by atoms with Gasteiger partial charge in [0.25, 0.3) is 5.91 Å². The number of aromatic nitrogens is 1. The Morgan fingerprint density at radius 2 is 1.70 bits per heavy atom. The summed E-state index contributed by atoms with van der Waals surface area (Å²) in [4.78, 5) is 29.4. The number of anilines is 1. The summed E-state index contributed by atoms with van der Waals surface area (Å²) in [6, 6.07) is 21.7. The van der Waals surface area contributed by atoms with E-state index in [1.165, 1.54) is 24.0 Å². The van der Waals surface area contributed by atoms with Crippen LogP contribution < -0.4 is 14.8 Å². The molecule has 0 saturated heterocycles. The Kier molecular flexibility index (Phi) is 6.80. The molecule has 4 aromatic rings. The second-order valence-corrected chi connectivity index (χ2v) is 8.20. The van der Waals surface area contributed by atoms with Crippen LogP contribution in [0.5, 0.6) is 11.5 Å². The van der Waals surface area contributed by atoms with Crippen LogP contribution in [0.2, 0.25) is 0 Å². The molecule has 7 heteroatoms. The average molecular weight is 459 g/mol. The maximum atomic E-state index is 12.5. The van der Waals surface area contributed by atoms with Crippen molar-refractivity contribution in [2.24, 2.45) is 0 Å². The molecule has 1 heterocycles. The van der Waals surface area contributed by atoms with Crippen molar-refractivity contribution in [3.05, 3.63) is 95.0 Å². The minimum atomic E-state index is -0.401. The van der Waals surface area contributed by atoms with E-state index in [9.17, 15) is 9.59 Å². The van der Waals surface area contributed by atoms with Crippen LogP contribution in [0.1, 0.15) is 21.6 Å². The summed E-state index contributed by atoms with van der Waals surface area (Å²) in [6.45, 7) is 2.04. The van der Waals surface area contributed by atoms with Crippen molar-refractivity contribution in [2.45, 2.75) is 13.3 Å². The highest BCUT2D eigenvalue weighted by atomic mass is 32.1. The number of carbonyl (C=O) groups is 2. The Labute approximate surface area is 195 Å². The zero-order valence-corrected chi connectivity index (χ0v) is 19.0. The standard InChI is InChI=1S/C26H22N2O4S/c1-17-7-9-18(10-8-17)26-28-20(16-33-26)15-24(29)32-21-13-11-19(12-14-21)27-25(30)22-5-3-4-6-23(22)31-2/h3-14,16H,15H2,1-2H3,(H,27,30). The Balaban J connectivity index is 1.34. The quantitative estimate of drug-likeness (QED) is 0.291. The Morgan fingerprint density at radius 1 is 0.970 bits per heavy atom. The van der Waals surface area contributed by atoms with Gasteiger partial charge in [-0.15, -0.1) is 11.3 Å². The molecule has 0 spiro atoms. The lowest BCUT2D eigenvalue weighted by Gasteiger charge is -2.09. The number of aryl methyl sites for hydroxylation is 1. The maximum absolute atomic E-state index is 12.5. The number of esters is 1. The fourth-order valence-electron chi connectivity index (χ4n) is 3.17. The minimum absolute atomic E-state index is 0.0780. The van der Waals surface area contributed by atoms with Crippen LogP contribution in [0, 0.1) is 6.92 Å². The lowest BCUT2D eigenvalue weighted by atomic mass is 10.2. The number of nitrogens with zero attached hydrogens (tertiary/aromatic N) is 1. The molecule has 4 rings (SSSR count). The van der Waals surface area contributed by atoms with Crippen LogP contribution in [0.15, 0.2) is 78.2 Å². The topological polar surface area (TPSA) is 77.5 Å². The Morgan fingerprint density at radius 3 is 2.42 bits per heavy atom. The molecule has 1 N–H and O–H groups in total. The first-order chi connectivity index (χ1) is 16.0. The number of hydrogen-bond acceptors (Lipinski definition) is 6. The summed E-state index contributed by atoms with van der Waals surface area (Å²) in [7, 11) is 1.52. The van der Waals surface area contributed by atoms with Gasteiger partial charge in [0, 0.05) is 16.6 Å². The van der Waals surface area contributed by atoms with Gasteiger partial charge in [0.05, 0.1) is 24.8 Å². The lowest BCUT2D eigenvalue weighted by Crippen LogP contribution is -2.13. The molecular weight excluding hydrogens is 436 g/mol. The normalized spacial score (nSPS) is 10.5. The molecule has 0 aliphatic heterocycles. The Bertz CT molecular complexity index is 1260. The second-order valence-electron chi connectivity index (χ2n) is 7.34. The van der Waals surface area contributed by atoms with E-state index in [2.05, 4.69) is 10.3 Å². The number of benzene rings is 3. The van der Waals surface area contributed by atoms with Gasteiger partial charge in [-0.05, 0) is 43.3 Å². The number of nitrogens with one attached hydrogen (secondary N) is 1. The van der Waals surface area contributed by atoms with Crippen LogP contribution in [-0.4, -0.2) is 24.0 Å². The van der Waals surface area contributed by atoms with Gasteiger partial charge in [0.2, 0.25) is 0 Å². The second kappa shape index (κ2) is 10.1. The summed E-state index contributed by atoms with van der Waals surface area (Å²) in [5, 5.41) is 5.54. The molecule has 0 aliphatic carbocycles. The molecular formula is C26H22N2O4S. The predicted octanol–water partition coefficient (Wildman–Crippen LogP) is 5.53. The number of methoxy groups -OCH3 is 1. The van der Waals surface area contributed by atoms with E-state index in [1.54, 1.807) is 48.5 Å².